The topological polar surface area (TPSA) is 78.4 Å². The molecule has 0 aromatic heterocycles. The number of rotatable bonds is 10. The molecule has 1 atom stereocenters. The Kier molecular flexibility index (Phi) is 8.07. The Hall–Kier alpha value is -1.36. The van der Waals surface area contributed by atoms with Crippen LogP contribution in [-0.4, -0.2) is 36.1 Å². The van der Waals surface area contributed by atoms with Crippen molar-refractivity contribution in [2.45, 2.75) is 46.1 Å². The van der Waals surface area contributed by atoms with E-state index in [1.165, 1.54) is 0 Å². The Morgan fingerprint density at radius 1 is 1.37 bits per heavy atom. The molecule has 0 aromatic rings. The van der Waals surface area contributed by atoms with E-state index < -0.39 is 5.97 Å². The standard InChI is InChI=1S/C14H26N2O3/c1-5-9-16-13(19)11(2)15-10-8-14(3,4)7-6-12(17)18/h5,11,15H,1,6-10H2,2-4H3,(H,16,19)(H,17,18). The normalized spacial score (nSPS) is 12.8. The Labute approximate surface area is 115 Å². The van der Waals surface area contributed by atoms with Gasteiger partial charge in [0, 0.05) is 13.0 Å². The van der Waals surface area contributed by atoms with Crippen LogP contribution in [0.1, 0.15) is 40.0 Å². The highest BCUT2D eigenvalue weighted by Gasteiger charge is 2.20. The maximum Gasteiger partial charge on any atom is 0.303 e. The second-order valence-electron chi connectivity index (χ2n) is 5.52. The predicted molar refractivity (Wildman–Crippen MR) is 75.9 cm³/mol. The lowest BCUT2D eigenvalue weighted by Gasteiger charge is -2.25. The van der Waals surface area contributed by atoms with Gasteiger partial charge in [0.1, 0.15) is 0 Å². The van der Waals surface area contributed by atoms with Crippen molar-refractivity contribution >= 4 is 11.9 Å². The molecule has 0 saturated carbocycles. The van der Waals surface area contributed by atoms with Crippen molar-refractivity contribution in [1.29, 1.82) is 0 Å². The molecule has 0 fully saturated rings. The average Bonchev–Trinajstić information content (AvgIpc) is 2.33. The lowest BCUT2D eigenvalue weighted by Crippen LogP contribution is -2.43. The monoisotopic (exact) mass is 270 g/mol. The van der Waals surface area contributed by atoms with Gasteiger partial charge in [0.25, 0.3) is 0 Å². The molecule has 0 radical (unpaired) electrons. The van der Waals surface area contributed by atoms with Gasteiger partial charge in [-0.15, -0.1) is 6.58 Å². The van der Waals surface area contributed by atoms with Crippen molar-refractivity contribution in [3.8, 4) is 0 Å². The number of hydrogen-bond acceptors (Lipinski definition) is 3. The van der Waals surface area contributed by atoms with E-state index in [1.807, 2.05) is 20.8 Å². The summed E-state index contributed by atoms with van der Waals surface area (Å²) in [6.45, 7) is 10.6. The van der Waals surface area contributed by atoms with Crippen LogP contribution in [0, 0.1) is 5.41 Å². The summed E-state index contributed by atoms with van der Waals surface area (Å²) in [4.78, 5) is 22.1. The zero-order valence-corrected chi connectivity index (χ0v) is 12.2. The molecule has 5 heteroatoms. The van der Waals surface area contributed by atoms with E-state index >= 15 is 0 Å². The van der Waals surface area contributed by atoms with Crippen molar-refractivity contribution < 1.29 is 14.7 Å². The van der Waals surface area contributed by atoms with Gasteiger partial charge >= 0.3 is 5.97 Å². The third-order valence-electron chi connectivity index (χ3n) is 3.08. The summed E-state index contributed by atoms with van der Waals surface area (Å²) in [5, 5.41) is 14.5. The van der Waals surface area contributed by atoms with Crippen LogP contribution in [0.3, 0.4) is 0 Å². The molecule has 0 aliphatic heterocycles. The third kappa shape index (κ3) is 9.25. The lowest BCUT2D eigenvalue weighted by atomic mass is 9.84. The van der Waals surface area contributed by atoms with Gasteiger partial charge in [-0.2, -0.15) is 0 Å². The fraction of sp³-hybridized carbons (Fsp3) is 0.714. The van der Waals surface area contributed by atoms with Crippen LogP contribution >= 0.6 is 0 Å². The van der Waals surface area contributed by atoms with Crippen LogP contribution in [-0.2, 0) is 9.59 Å². The fourth-order valence-corrected chi connectivity index (χ4v) is 1.62. The number of carboxylic acid groups (broad SMARTS) is 1. The van der Waals surface area contributed by atoms with Gasteiger partial charge in [-0.3, -0.25) is 9.59 Å². The third-order valence-corrected chi connectivity index (χ3v) is 3.08. The van der Waals surface area contributed by atoms with Gasteiger partial charge in [0.05, 0.1) is 6.04 Å². The van der Waals surface area contributed by atoms with Crippen LogP contribution in [0.4, 0.5) is 0 Å². The molecule has 0 aliphatic rings. The Morgan fingerprint density at radius 3 is 2.53 bits per heavy atom. The molecule has 0 spiro atoms. The molecule has 110 valence electrons. The molecule has 0 saturated heterocycles. The van der Waals surface area contributed by atoms with Gasteiger partial charge in [-0.05, 0) is 31.7 Å². The number of nitrogens with one attached hydrogen (secondary N) is 2. The van der Waals surface area contributed by atoms with Gasteiger partial charge in [-0.1, -0.05) is 19.9 Å². The van der Waals surface area contributed by atoms with Gasteiger partial charge in [0.15, 0.2) is 0 Å². The first-order chi connectivity index (χ1) is 8.78. The molecule has 1 unspecified atom stereocenters. The summed E-state index contributed by atoms with van der Waals surface area (Å²) in [6.07, 6.45) is 3.29. The minimum absolute atomic E-state index is 0.0390. The molecule has 0 rings (SSSR count). The van der Waals surface area contributed by atoms with E-state index in [4.69, 9.17) is 5.11 Å². The largest absolute Gasteiger partial charge is 0.481 e. The average molecular weight is 270 g/mol. The summed E-state index contributed by atoms with van der Waals surface area (Å²) in [5.74, 6) is -0.818. The van der Waals surface area contributed by atoms with Crippen LogP contribution in [0.25, 0.3) is 0 Å². The molecule has 19 heavy (non-hydrogen) atoms. The number of hydrogen-bond donors (Lipinski definition) is 3. The summed E-state index contributed by atoms with van der Waals surface area (Å²) in [5.41, 5.74) is -0.0390. The summed E-state index contributed by atoms with van der Waals surface area (Å²) >= 11 is 0. The molecular weight excluding hydrogens is 244 g/mol. The number of amides is 1. The summed E-state index contributed by atoms with van der Waals surface area (Å²) < 4.78 is 0. The van der Waals surface area contributed by atoms with E-state index in [9.17, 15) is 9.59 Å². The van der Waals surface area contributed by atoms with Crippen molar-refractivity contribution in [3.63, 3.8) is 0 Å². The Morgan fingerprint density at radius 2 is 2.00 bits per heavy atom. The van der Waals surface area contributed by atoms with Crippen LogP contribution in [0.2, 0.25) is 0 Å². The first kappa shape index (κ1) is 17.6. The van der Waals surface area contributed by atoms with Crippen molar-refractivity contribution in [1.82, 2.24) is 10.6 Å². The van der Waals surface area contributed by atoms with E-state index in [-0.39, 0.29) is 23.8 Å². The van der Waals surface area contributed by atoms with Crippen molar-refractivity contribution in [2.24, 2.45) is 5.41 Å². The SMILES string of the molecule is C=CCNC(=O)C(C)NCCC(C)(C)CCC(=O)O. The van der Waals surface area contributed by atoms with E-state index in [0.717, 1.165) is 6.42 Å². The zero-order chi connectivity index (χ0) is 14.9. The zero-order valence-electron chi connectivity index (χ0n) is 12.2. The molecule has 1 amide bonds. The highest BCUT2D eigenvalue weighted by atomic mass is 16.4. The van der Waals surface area contributed by atoms with E-state index in [1.54, 1.807) is 6.08 Å². The maximum absolute atomic E-state index is 11.6. The quantitative estimate of drug-likeness (QED) is 0.526. The second kappa shape index (κ2) is 8.69. The highest BCUT2D eigenvalue weighted by molar-refractivity contribution is 5.81. The van der Waals surface area contributed by atoms with Crippen LogP contribution < -0.4 is 10.6 Å². The van der Waals surface area contributed by atoms with Crippen LogP contribution in [0.15, 0.2) is 12.7 Å². The smallest absolute Gasteiger partial charge is 0.303 e. The molecular formula is C14H26N2O3. The molecule has 0 bridgehead atoms. The summed E-state index contributed by atoms with van der Waals surface area (Å²) in [7, 11) is 0. The Bertz CT molecular complexity index is 314. The molecule has 0 heterocycles. The lowest BCUT2D eigenvalue weighted by molar-refractivity contribution is -0.137. The molecule has 5 nitrogen and oxygen atoms in total. The maximum atomic E-state index is 11.6. The summed E-state index contributed by atoms with van der Waals surface area (Å²) in [6, 6.07) is -0.254. The van der Waals surface area contributed by atoms with Gasteiger partial charge in [-0.25, -0.2) is 0 Å². The Balaban J connectivity index is 3.90. The minimum Gasteiger partial charge on any atom is -0.481 e. The van der Waals surface area contributed by atoms with E-state index in [0.29, 0.717) is 19.5 Å². The van der Waals surface area contributed by atoms with Crippen LogP contribution in [0.5, 0.6) is 0 Å². The predicted octanol–water partition coefficient (Wildman–Crippen LogP) is 1.55. The number of carbonyl (C=O) groups excluding carboxylic acids is 1. The molecule has 0 aliphatic carbocycles. The van der Waals surface area contributed by atoms with E-state index in [2.05, 4.69) is 17.2 Å². The number of carbonyl (C=O) groups is 2. The first-order valence-corrected chi connectivity index (χ1v) is 6.62. The minimum atomic E-state index is -0.766. The number of carboxylic acids is 1. The van der Waals surface area contributed by atoms with Gasteiger partial charge < -0.3 is 15.7 Å². The molecule has 0 aromatic carbocycles. The van der Waals surface area contributed by atoms with Crippen molar-refractivity contribution in [3.05, 3.63) is 12.7 Å². The first-order valence-electron chi connectivity index (χ1n) is 6.62. The molecule has 3 N–H and O–H groups in total. The fourth-order valence-electron chi connectivity index (χ4n) is 1.62. The van der Waals surface area contributed by atoms with Crippen molar-refractivity contribution in [2.75, 3.05) is 13.1 Å². The van der Waals surface area contributed by atoms with Gasteiger partial charge in [0.2, 0.25) is 5.91 Å². The second-order valence-corrected chi connectivity index (χ2v) is 5.52. The number of aliphatic carboxylic acids is 1. The highest BCUT2D eigenvalue weighted by Crippen LogP contribution is 2.25.